The number of aryl methyl sites for hydroxylation is 2. The Balaban J connectivity index is 1.44. The average Bonchev–Trinajstić information content (AvgIpc) is 3.14. The second-order valence-corrected chi connectivity index (χ2v) is 8.47. The molecule has 3 aromatic rings. The summed E-state index contributed by atoms with van der Waals surface area (Å²) in [7, 11) is 0. The van der Waals surface area contributed by atoms with Gasteiger partial charge in [0, 0.05) is 6.07 Å². The van der Waals surface area contributed by atoms with Crippen molar-refractivity contribution in [3.8, 4) is 5.75 Å². The third-order valence-corrected chi connectivity index (χ3v) is 5.95. The highest BCUT2D eigenvalue weighted by Gasteiger charge is 2.37. The van der Waals surface area contributed by atoms with Crippen LogP contribution in [0, 0.1) is 24.0 Å². The molecule has 194 valence electrons. The molecule has 1 N–H and O–H groups in total. The van der Waals surface area contributed by atoms with E-state index in [0.717, 1.165) is 10.5 Å². The molecular weight excluding hydrogens is 494 g/mol. The molecule has 3 aromatic carbocycles. The van der Waals surface area contributed by atoms with E-state index in [1.807, 2.05) is 6.92 Å². The van der Waals surface area contributed by atoms with Crippen LogP contribution >= 0.6 is 0 Å². The van der Waals surface area contributed by atoms with Crippen LogP contribution in [-0.4, -0.2) is 41.8 Å². The van der Waals surface area contributed by atoms with E-state index >= 15 is 0 Å². The van der Waals surface area contributed by atoms with Gasteiger partial charge in [0.2, 0.25) is 0 Å². The summed E-state index contributed by atoms with van der Waals surface area (Å²) in [6.45, 7) is 5.04. The fourth-order valence-electron chi connectivity index (χ4n) is 3.91. The van der Waals surface area contributed by atoms with Crippen LogP contribution in [0.25, 0.3) is 0 Å². The highest BCUT2D eigenvalue weighted by Crippen LogP contribution is 2.31. The Morgan fingerprint density at radius 2 is 1.61 bits per heavy atom. The molecule has 0 fully saturated rings. The van der Waals surface area contributed by atoms with E-state index in [0.29, 0.717) is 23.6 Å². The first-order chi connectivity index (χ1) is 18.1. The van der Waals surface area contributed by atoms with Gasteiger partial charge in [-0.15, -0.1) is 0 Å². The van der Waals surface area contributed by atoms with Gasteiger partial charge >= 0.3 is 5.97 Å². The summed E-state index contributed by atoms with van der Waals surface area (Å²) in [6, 6.07) is 13.2. The number of carbonyl (C=O) groups is 4. The Labute approximate surface area is 217 Å². The number of nitrogens with zero attached hydrogens (tertiary/aromatic N) is 2. The maximum Gasteiger partial charge on any atom is 0.338 e. The highest BCUT2D eigenvalue weighted by atomic mass is 16.6. The van der Waals surface area contributed by atoms with Crippen molar-refractivity contribution in [2.24, 2.45) is 0 Å². The van der Waals surface area contributed by atoms with Crippen LogP contribution in [0.2, 0.25) is 0 Å². The predicted molar refractivity (Wildman–Crippen MR) is 137 cm³/mol. The zero-order chi connectivity index (χ0) is 27.6. The summed E-state index contributed by atoms with van der Waals surface area (Å²) in [5, 5.41) is 13.7. The molecule has 0 bridgehead atoms. The first-order valence-corrected chi connectivity index (χ1v) is 11.6. The lowest BCUT2D eigenvalue weighted by atomic mass is 10.1. The molecule has 3 amide bonds. The summed E-state index contributed by atoms with van der Waals surface area (Å²) in [4.78, 5) is 62.5. The molecule has 0 atom stereocenters. The molecule has 0 spiro atoms. The third kappa shape index (κ3) is 5.07. The molecule has 11 nitrogen and oxygen atoms in total. The van der Waals surface area contributed by atoms with Gasteiger partial charge in [-0.25, -0.2) is 9.69 Å². The summed E-state index contributed by atoms with van der Waals surface area (Å²) < 4.78 is 10.4. The first kappa shape index (κ1) is 26.0. The summed E-state index contributed by atoms with van der Waals surface area (Å²) in [5.74, 6) is -2.24. The van der Waals surface area contributed by atoms with E-state index in [4.69, 9.17) is 9.47 Å². The minimum Gasteiger partial charge on any atom is -0.494 e. The van der Waals surface area contributed by atoms with Crippen molar-refractivity contribution in [2.75, 3.05) is 23.4 Å². The molecule has 1 aliphatic rings. The van der Waals surface area contributed by atoms with Crippen molar-refractivity contribution in [3.63, 3.8) is 0 Å². The number of hydrogen-bond donors (Lipinski definition) is 1. The number of hydrogen-bond acceptors (Lipinski definition) is 8. The van der Waals surface area contributed by atoms with E-state index < -0.39 is 35.2 Å². The minimum absolute atomic E-state index is 0.0184. The second-order valence-electron chi connectivity index (χ2n) is 8.47. The van der Waals surface area contributed by atoms with Gasteiger partial charge in [-0.2, -0.15) is 0 Å². The Bertz CT molecular complexity index is 1480. The van der Waals surface area contributed by atoms with Gasteiger partial charge in [-0.05, 0) is 80.4 Å². The normalized spacial score (nSPS) is 12.2. The minimum atomic E-state index is -0.905. The van der Waals surface area contributed by atoms with Crippen LogP contribution in [0.15, 0.2) is 54.6 Å². The van der Waals surface area contributed by atoms with E-state index in [1.165, 1.54) is 30.3 Å². The molecule has 0 aromatic heterocycles. The van der Waals surface area contributed by atoms with Gasteiger partial charge < -0.3 is 14.8 Å². The average molecular weight is 517 g/mol. The molecule has 1 aliphatic heterocycles. The molecule has 38 heavy (non-hydrogen) atoms. The summed E-state index contributed by atoms with van der Waals surface area (Å²) >= 11 is 0. The number of esters is 1. The molecule has 0 unspecified atom stereocenters. The topological polar surface area (TPSA) is 145 Å². The second kappa shape index (κ2) is 10.5. The molecular formula is C27H23N3O8. The van der Waals surface area contributed by atoms with Crippen molar-refractivity contribution in [3.05, 3.63) is 92.5 Å². The molecule has 0 saturated heterocycles. The third-order valence-electron chi connectivity index (χ3n) is 5.95. The van der Waals surface area contributed by atoms with Crippen molar-refractivity contribution in [2.45, 2.75) is 20.8 Å². The van der Waals surface area contributed by atoms with Crippen LogP contribution in [0.3, 0.4) is 0 Å². The van der Waals surface area contributed by atoms with Crippen molar-refractivity contribution < 1.29 is 33.6 Å². The summed E-state index contributed by atoms with van der Waals surface area (Å²) in [5.41, 5.74) is 1.58. The van der Waals surface area contributed by atoms with E-state index in [9.17, 15) is 29.3 Å². The SMILES string of the molecule is CCOc1ccc(N2C(=O)c3ccc(C(=O)OCC(=O)Nc4cc(C)c(C)cc4[N+](=O)[O-])cc3C2=O)cc1. The lowest BCUT2D eigenvalue weighted by Gasteiger charge is -2.14. The Kier molecular flexibility index (Phi) is 7.19. The van der Waals surface area contributed by atoms with Crippen LogP contribution in [-0.2, 0) is 9.53 Å². The number of imide groups is 1. The maximum atomic E-state index is 13.0. The largest absolute Gasteiger partial charge is 0.494 e. The van der Waals surface area contributed by atoms with Gasteiger partial charge in [-0.1, -0.05) is 0 Å². The zero-order valence-corrected chi connectivity index (χ0v) is 20.8. The molecule has 0 aliphatic carbocycles. The standard InChI is InChI=1S/C27H23N3O8/c1-4-37-19-8-6-18(7-9-19)29-25(32)20-10-5-17(13-21(20)26(29)33)27(34)38-14-24(31)28-22-11-15(2)16(3)12-23(22)30(35)36/h5-13H,4,14H2,1-3H3,(H,28,31). The fraction of sp³-hybridized carbons (Fsp3) is 0.185. The zero-order valence-electron chi connectivity index (χ0n) is 20.8. The number of nitrogens with one attached hydrogen (secondary N) is 1. The van der Waals surface area contributed by atoms with E-state index in [2.05, 4.69) is 5.32 Å². The Morgan fingerprint density at radius 3 is 2.26 bits per heavy atom. The predicted octanol–water partition coefficient (Wildman–Crippen LogP) is 4.21. The number of carbonyl (C=O) groups excluding carboxylic acids is 4. The number of benzene rings is 3. The number of ether oxygens (including phenoxy) is 2. The molecule has 0 saturated carbocycles. The number of nitro groups is 1. The van der Waals surface area contributed by atoms with Crippen molar-refractivity contribution in [1.82, 2.24) is 0 Å². The van der Waals surface area contributed by atoms with Crippen LogP contribution in [0.5, 0.6) is 5.75 Å². The number of amides is 3. The number of nitro benzene ring substituents is 1. The number of rotatable bonds is 8. The molecule has 11 heteroatoms. The van der Waals surface area contributed by atoms with Crippen LogP contribution in [0.1, 0.15) is 49.1 Å². The molecule has 1 heterocycles. The van der Waals surface area contributed by atoms with Gasteiger partial charge in [0.05, 0.1) is 33.9 Å². The molecule has 0 radical (unpaired) electrons. The number of fused-ring (bicyclic) bond motifs is 1. The van der Waals surface area contributed by atoms with Crippen molar-refractivity contribution >= 4 is 40.8 Å². The fourth-order valence-corrected chi connectivity index (χ4v) is 3.91. The smallest absolute Gasteiger partial charge is 0.338 e. The maximum absolute atomic E-state index is 13.0. The first-order valence-electron chi connectivity index (χ1n) is 11.6. The number of anilines is 2. The lowest BCUT2D eigenvalue weighted by molar-refractivity contribution is -0.384. The van der Waals surface area contributed by atoms with Gasteiger partial charge in [0.1, 0.15) is 11.4 Å². The lowest BCUT2D eigenvalue weighted by Crippen LogP contribution is -2.29. The quantitative estimate of drug-likeness (QED) is 0.202. The van der Waals surface area contributed by atoms with E-state index in [-0.39, 0.29) is 28.1 Å². The van der Waals surface area contributed by atoms with E-state index in [1.54, 1.807) is 38.1 Å². The van der Waals surface area contributed by atoms with Crippen LogP contribution in [0.4, 0.5) is 17.1 Å². The van der Waals surface area contributed by atoms with Gasteiger partial charge in [-0.3, -0.25) is 24.5 Å². The van der Waals surface area contributed by atoms with Crippen molar-refractivity contribution in [1.29, 1.82) is 0 Å². The summed E-state index contributed by atoms with van der Waals surface area (Å²) in [6.07, 6.45) is 0. The van der Waals surface area contributed by atoms with Crippen LogP contribution < -0.4 is 15.0 Å². The monoisotopic (exact) mass is 517 g/mol. The Hall–Kier alpha value is -5.06. The Morgan fingerprint density at radius 1 is 0.947 bits per heavy atom. The van der Waals surface area contributed by atoms with Gasteiger partial charge in [0.25, 0.3) is 23.4 Å². The van der Waals surface area contributed by atoms with Gasteiger partial charge in [0.15, 0.2) is 6.61 Å². The highest BCUT2D eigenvalue weighted by molar-refractivity contribution is 6.34. The molecule has 4 rings (SSSR count).